The van der Waals surface area contributed by atoms with E-state index in [0.29, 0.717) is 0 Å². The lowest BCUT2D eigenvalue weighted by molar-refractivity contribution is -0.120. The average Bonchev–Trinajstić information content (AvgIpc) is 2.66. The van der Waals surface area contributed by atoms with Crippen LogP contribution in [0.15, 0.2) is 48.5 Å². The minimum atomic E-state index is -3.94. The number of amides is 1. The van der Waals surface area contributed by atoms with E-state index in [1.807, 2.05) is 31.2 Å². The van der Waals surface area contributed by atoms with Crippen LogP contribution in [0.25, 0.3) is 0 Å². The number of nitrogens with zero attached hydrogens (tertiary/aromatic N) is 2. The number of anilines is 1. The van der Waals surface area contributed by atoms with Gasteiger partial charge in [-0.3, -0.25) is 4.79 Å². The van der Waals surface area contributed by atoms with Crippen LogP contribution < -0.4 is 9.62 Å². The molecule has 1 unspecified atom stereocenters. The Kier molecular flexibility index (Phi) is 7.26. The molecule has 0 radical (unpaired) electrons. The van der Waals surface area contributed by atoms with Gasteiger partial charge in [-0.1, -0.05) is 45.0 Å². The average molecular weight is 436 g/mol. The number of hydrogen-bond donors (Lipinski definition) is 1. The summed E-state index contributed by atoms with van der Waals surface area (Å²) >= 11 is 0. The summed E-state index contributed by atoms with van der Waals surface area (Å²) in [4.78, 5) is 12.7. The lowest BCUT2D eigenvalue weighted by Crippen LogP contribution is -2.46. The second-order valence-electron chi connectivity index (χ2n) is 8.43. The largest absolute Gasteiger partial charge is 0.348 e. The first-order valence-electron chi connectivity index (χ1n) is 9.68. The second kappa shape index (κ2) is 9.14. The van der Waals surface area contributed by atoms with Crippen molar-refractivity contribution >= 4 is 21.8 Å². The van der Waals surface area contributed by atoms with Crippen molar-refractivity contribution in [2.45, 2.75) is 39.2 Å². The van der Waals surface area contributed by atoms with Crippen LogP contribution in [0, 0.1) is 5.82 Å². The van der Waals surface area contributed by atoms with Crippen molar-refractivity contribution in [3.05, 3.63) is 65.5 Å². The summed E-state index contributed by atoms with van der Waals surface area (Å²) in [6.45, 7) is 7.80. The van der Waals surface area contributed by atoms with Gasteiger partial charge in [0.1, 0.15) is 12.4 Å². The van der Waals surface area contributed by atoms with Crippen LogP contribution in [0.5, 0.6) is 0 Å². The number of benzene rings is 2. The molecule has 0 fully saturated rings. The number of carbonyl (C=O) groups is 1. The normalized spacial score (nSPS) is 13.2. The van der Waals surface area contributed by atoms with Gasteiger partial charge < -0.3 is 5.32 Å². The van der Waals surface area contributed by atoms with Gasteiger partial charge in [-0.05, 0) is 47.7 Å². The fraction of sp³-hybridized carbons (Fsp3) is 0.409. The van der Waals surface area contributed by atoms with E-state index in [4.69, 9.17) is 0 Å². The molecule has 8 heteroatoms. The molecule has 0 saturated heterocycles. The molecule has 0 bridgehead atoms. The molecule has 0 aliphatic rings. The van der Waals surface area contributed by atoms with Gasteiger partial charge in [0, 0.05) is 14.1 Å². The van der Waals surface area contributed by atoms with Gasteiger partial charge in [0.15, 0.2) is 0 Å². The molecule has 0 heterocycles. The minimum absolute atomic E-state index is 0.0290. The maximum atomic E-state index is 13.3. The quantitative estimate of drug-likeness (QED) is 0.722. The summed E-state index contributed by atoms with van der Waals surface area (Å²) in [5.41, 5.74) is 2.34. The lowest BCUT2D eigenvalue weighted by Gasteiger charge is -2.27. The molecule has 30 heavy (non-hydrogen) atoms. The Morgan fingerprint density at radius 2 is 1.57 bits per heavy atom. The Labute approximate surface area is 178 Å². The van der Waals surface area contributed by atoms with Crippen LogP contribution in [0.4, 0.5) is 10.1 Å². The van der Waals surface area contributed by atoms with Crippen LogP contribution in [-0.4, -0.2) is 39.3 Å². The van der Waals surface area contributed by atoms with Crippen LogP contribution >= 0.6 is 0 Å². The summed E-state index contributed by atoms with van der Waals surface area (Å²) < 4.78 is 40.7. The smallest absolute Gasteiger partial charge is 0.304 e. The molecule has 0 spiro atoms. The summed E-state index contributed by atoms with van der Waals surface area (Å²) in [7, 11) is -1.18. The Hall–Kier alpha value is -2.45. The van der Waals surface area contributed by atoms with E-state index in [1.165, 1.54) is 31.8 Å². The molecule has 2 aromatic rings. The lowest BCUT2D eigenvalue weighted by atomic mass is 9.86. The van der Waals surface area contributed by atoms with E-state index < -0.39 is 28.5 Å². The number of hydrogen-bond acceptors (Lipinski definition) is 3. The summed E-state index contributed by atoms with van der Waals surface area (Å²) in [6.07, 6.45) is 0. The Morgan fingerprint density at radius 3 is 2.03 bits per heavy atom. The molecule has 0 saturated carbocycles. The Balaban J connectivity index is 2.18. The molecular formula is C22H30FN3O3S. The van der Waals surface area contributed by atoms with Gasteiger partial charge in [-0.2, -0.15) is 12.7 Å². The third kappa shape index (κ3) is 5.79. The minimum Gasteiger partial charge on any atom is -0.348 e. The molecular weight excluding hydrogens is 405 g/mol. The highest BCUT2D eigenvalue weighted by Gasteiger charge is 2.28. The van der Waals surface area contributed by atoms with Crippen LogP contribution in [0.1, 0.15) is 44.9 Å². The van der Waals surface area contributed by atoms with Crippen LogP contribution in [-0.2, 0) is 20.4 Å². The van der Waals surface area contributed by atoms with E-state index in [9.17, 15) is 17.6 Å². The molecule has 2 rings (SSSR count). The maximum absolute atomic E-state index is 13.3. The molecule has 0 aromatic heterocycles. The van der Waals surface area contributed by atoms with Crippen molar-refractivity contribution in [3.8, 4) is 0 Å². The molecule has 6 nitrogen and oxygen atoms in total. The fourth-order valence-electron chi connectivity index (χ4n) is 2.88. The first-order valence-corrected chi connectivity index (χ1v) is 11.1. The van der Waals surface area contributed by atoms with Crippen molar-refractivity contribution < 1.29 is 17.6 Å². The molecule has 1 amide bonds. The molecule has 1 N–H and O–H groups in total. The second-order valence-corrected chi connectivity index (χ2v) is 10.5. The summed E-state index contributed by atoms with van der Waals surface area (Å²) in [6, 6.07) is 12.6. The molecule has 164 valence electrons. The third-order valence-electron chi connectivity index (χ3n) is 4.80. The molecule has 1 atom stereocenters. The van der Waals surface area contributed by atoms with Gasteiger partial charge >= 0.3 is 10.2 Å². The van der Waals surface area contributed by atoms with Gasteiger partial charge in [-0.15, -0.1) is 0 Å². The van der Waals surface area contributed by atoms with E-state index in [-0.39, 0.29) is 17.1 Å². The van der Waals surface area contributed by atoms with E-state index in [1.54, 1.807) is 0 Å². The molecule has 0 aliphatic carbocycles. The SMILES string of the molecule is CC(NC(=O)CN(c1ccc(F)cc1)S(=O)(=O)N(C)C)c1ccc(C(C)(C)C)cc1. The predicted molar refractivity (Wildman–Crippen MR) is 118 cm³/mol. The molecule has 0 aliphatic heterocycles. The highest BCUT2D eigenvalue weighted by Crippen LogP contribution is 2.24. The highest BCUT2D eigenvalue weighted by atomic mass is 32.2. The van der Waals surface area contributed by atoms with Crippen LogP contribution in [0.3, 0.4) is 0 Å². The van der Waals surface area contributed by atoms with E-state index in [0.717, 1.165) is 26.3 Å². The zero-order valence-electron chi connectivity index (χ0n) is 18.3. The first kappa shape index (κ1) is 23.8. The number of carbonyl (C=O) groups excluding carboxylic acids is 1. The fourth-order valence-corrected chi connectivity index (χ4v) is 3.95. The van der Waals surface area contributed by atoms with E-state index >= 15 is 0 Å². The highest BCUT2D eigenvalue weighted by molar-refractivity contribution is 7.90. The topological polar surface area (TPSA) is 69.7 Å². The van der Waals surface area contributed by atoms with E-state index in [2.05, 4.69) is 26.1 Å². The number of nitrogens with one attached hydrogen (secondary N) is 1. The van der Waals surface area contributed by atoms with Crippen molar-refractivity contribution in [2.75, 3.05) is 24.9 Å². The van der Waals surface area contributed by atoms with Gasteiger partial charge in [0.05, 0.1) is 11.7 Å². The van der Waals surface area contributed by atoms with Crippen molar-refractivity contribution in [1.29, 1.82) is 0 Å². The number of halogens is 1. The summed E-state index contributed by atoms with van der Waals surface area (Å²) in [5, 5.41) is 2.84. The zero-order valence-corrected chi connectivity index (χ0v) is 19.1. The molecule has 2 aromatic carbocycles. The Morgan fingerprint density at radius 1 is 1.03 bits per heavy atom. The van der Waals surface area contributed by atoms with Gasteiger partial charge in [0.25, 0.3) is 0 Å². The first-order chi connectivity index (χ1) is 13.8. The Bertz CT molecular complexity index is 966. The van der Waals surface area contributed by atoms with Crippen molar-refractivity contribution in [2.24, 2.45) is 0 Å². The van der Waals surface area contributed by atoms with Crippen LogP contribution in [0.2, 0.25) is 0 Å². The third-order valence-corrected chi connectivity index (χ3v) is 6.62. The van der Waals surface area contributed by atoms with Gasteiger partial charge in [-0.25, -0.2) is 8.70 Å². The maximum Gasteiger partial charge on any atom is 0.304 e. The summed E-state index contributed by atoms with van der Waals surface area (Å²) in [5.74, 6) is -0.949. The zero-order chi connectivity index (χ0) is 22.7. The predicted octanol–water partition coefficient (Wildman–Crippen LogP) is 3.61. The monoisotopic (exact) mass is 435 g/mol. The standard InChI is InChI=1S/C22H30FN3O3S/c1-16(17-7-9-18(10-8-17)22(2,3)4)24-21(27)15-26(30(28,29)25(5)6)20-13-11-19(23)12-14-20/h7-14,16H,15H2,1-6H3,(H,24,27). The number of rotatable bonds is 7. The van der Waals surface area contributed by atoms with Gasteiger partial charge in [0.2, 0.25) is 5.91 Å². The van der Waals surface area contributed by atoms with Crippen molar-refractivity contribution in [1.82, 2.24) is 9.62 Å². The van der Waals surface area contributed by atoms with Crippen molar-refractivity contribution in [3.63, 3.8) is 0 Å².